The Labute approximate surface area is 122 Å². The van der Waals surface area contributed by atoms with Crippen LogP contribution in [-0.4, -0.2) is 47.7 Å². The molecule has 0 radical (unpaired) electrons. The minimum atomic E-state index is -1.00. The van der Waals surface area contributed by atoms with E-state index in [1.54, 1.807) is 16.2 Å². The van der Waals surface area contributed by atoms with Gasteiger partial charge in [-0.15, -0.1) is 11.3 Å². The predicted octanol–water partition coefficient (Wildman–Crippen LogP) is 1.69. The minimum Gasteiger partial charge on any atom is -0.479 e. The Morgan fingerprint density at radius 1 is 1.50 bits per heavy atom. The largest absolute Gasteiger partial charge is 0.479 e. The van der Waals surface area contributed by atoms with Crippen LogP contribution in [0, 0.1) is 6.92 Å². The molecule has 0 bridgehead atoms. The number of rotatable bonds is 5. The van der Waals surface area contributed by atoms with Crippen molar-refractivity contribution in [2.75, 3.05) is 19.7 Å². The zero-order valence-corrected chi connectivity index (χ0v) is 12.3. The van der Waals surface area contributed by atoms with E-state index in [-0.39, 0.29) is 12.5 Å². The van der Waals surface area contributed by atoms with Crippen LogP contribution in [0.15, 0.2) is 12.1 Å². The van der Waals surface area contributed by atoms with Crippen LogP contribution in [0.25, 0.3) is 0 Å². The summed E-state index contributed by atoms with van der Waals surface area (Å²) in [5, 5.41) is 8.90. The lowest BCUT2D eigenvalue weighted by atomic mass is 10.2. The highest BCUT2D eigenvalue weighted by Gasteiger charge is 2.28. The summed E-state index contributed by atoms with van der Waals surface area (Å²) in [6, 6.07) is 4.18. The molecule has 6 heteroatoms. The zero-order valence-electron chi connectivity index (χ0n) is 11.5. The molecule has 0 aliphatic carbocycles. The molecule has 0 aromatic carbocycles. The fourth-order valence-corrected chi connectivity index (χ4v) is 3.15. The summed E-state index contributed by atoms with van der Waals surface area (Å²) in [7, 11) is 0. The summed E-state index contributed by atoms with van der Waals surface area (Å²) < 4.78 is 5.10. The zero-order chi connectivity index (χ0) is 14.5. The molecular formula is C14H19NO4S. The van der Waals surface area contributed by atoms with Crippen LogP contribution in [0.2, 0.25) is 0 Å². The van der Waals surface area contributed by atoms with E-state index in [1.165, 1.54) is 9.75 Å². The number of thiophene rings is 1. The number of hydrogen-bond acceptors (Lipinski definition) is 4. The second-order valence-electron chi connectivity index (χ2n) is 4.90. The van der Waals surface area contributed by atoms with Crippen LogP contribution >= 0.6 is 11.3 Å². The maximum atomic E-state index is 12.0. The van der Waals surface area contributed by atoms with Crippen LogP contribution in [0.1, 0.15) is 22.6 Å². The van der Waals surface area contributed by atoms with Crippen molar-refractivity contribution >= 4 is 23.2 Å². The van der Waals surface area contributed by atoms with E-state index in [4.69, 9.17) is 9.84 Å². The van der Waals surface area contributed by atoms with Gasteiger partial charge in [0.2, 0.25) is 5.91 Å². The molecule has 1 aromatic rings. The van der Waals surface area contributed by atoms with E-state index < -0.39 is 12.1 Å². The number of carbonyl (C=O) groups excluding carboxylic acids is 1. The molecule has 20 heavy (non-hydrogen) atoms. The number of ether oxygens (including phenoxy) is 1. The van der Waals surface area contributed by atoms with Gasteiger partial charge in [-0.3, -0.25) is 4.79 Å². The Bertz CT molecular complexity index is 485. The topological polar surface area (TPSA) is 66.8 Å². The molecule has 5 nitrogen and oxygen atoms in total. The molecule has 1 unspecified atom stereocenters. The molecule has 0 spiro atoms. The van der Waals surface area contributed by atoms with Gasteiger partial charge >= 0.3 is 5.97 Å². The van der Waals surface area contributed by atoms with E-state index in [2.05, 4.69) is 19.1 Å². The van der Waals surface area contributed by atoms with Gasteiger partial charge in [0.1, 0.15) is 0 Å². The van der Waals surface area contributed by atoms with Gasteiger partial charge in [-0.2, -0.15) is 0 Å². The summed E-state index contributed by atoms with van der Waals surface area (Å²) in [6.07, 6.45) is 1.28. The Morgan fingerprint density at radius 3 is 2.95 bits per heavy atom. The Kier molecular flexibility index (Phi) is 5.14. The third-order valence-corrected chi connectivity index (χ3v) is 4.36. The summed E-state index contributed by atoms with van der Waals surface area (Å²) in [4.78, 5) is 27.1. The van der Waals surface area contributed by atoms with Crippen molar-refractivity contribution in [1.82, 2.24) is 4.90 Å². The van der Waals surface area contributed by atoms with E-state index in [0.29, 0.717) is 19.6 Å². The molecular weight excluding hydrogens is 278 g/mol. The van der Waals surface area contributed by atoms with E-state index >= 15 is 0 Å². The summed E-state index contributed by atoms with van der Waals surface area (Å²) in [6.45, 7) is 3.01. The number of carboxylic acid groups (broad SMARTS) is 1. The molecule has 0 saturated carbocycles. The van der Waals surface area contributed by atoms with Gasteiger partial charge in [-0.05, 0) is 31.9 Å². The van der Waals surface area contributed by atoms with Gasteiger partial charge in [-0.25, -0.2) is 4.79 Å². The first kappa shape index (κ1) is 15.0. The second kappa shape index (κ2) is 6.85. The van der Waals surface area contributed by atoms with Gasteiger partial charge in [0, 0.05) is 22.7 Å². The maximum absolute atomic E-state index is 12.0. The van der Waals surface area contributed by atoms with Gasteiger partial charge in [0.05, 0.1) is 13.2 Å². The lowest BCUT2D eigenvalue weighted by Crippen LogP contribution is -2.48. The van der Waals surface area contributed by atoms with Crippen LogP contribution < -0.4 is 0 Å². The molecule has 1 fully saturated rings. The van der Waals surface area contributed by atoms with Crippen molar-refractivity contribution in [3.05, 3.63) is 21.9 Å². The van der Waals surface area contributed by atoms with Crippen molar-refractivity contribution in [3.63, 3.8) is 0 Å². The molecule has 1 aliphatic rings. The minimum absolute atomic E-state index is 0.0211. The quantitative estimate of drug-likeness (QED) is 0.898. The van der Waals surface area contributed by atoms with Crippen molar-refractivity contribution < 1.29 is 19.4 Å². The van der Waals surface area contributed by atoms with E-state index in [0.717, 1.165) is 12.8 Å². The normalized spacial score (nSPS) is 19.1. The van der Waals surface area contributed by atoms with Crippen LogP contribution in [-0.2, 0) is 20.7 Å². The highest BCUT2D eigenvalue weighted by molar-refractivity contribution is 7.11. The average Bonchev–Trinajstić information content (AvgIpc) is 2.84. The standard InChI is InChI=1S/C14H19NO4S/c1-10-5-6-11(20-10)3-2-4-13(16)15-7-8-19-12(9-15)14(17)18/h5-6,12H,2-4,7-9H2,1H3,(H,17,18). The summed E-state index contributed by atoms with van der Waals surface area (Å²) in [5.41, 5.74) is 0. The summed E-state index contributed by atoms with van der Waals surface area (Å²) in [5.74, 6) is -0.982. The number of carboxylic acids is 1. The molecule has 110 valence electrons. The van der Waals surface area contributed by atoms with E-state index in [1.807, 2.05) is 0 Å². The number of carbonyl (C=O) groups is 2. The molecule has 1 aliphatic heterocycles. The summed E-state index contributed by atoms with van der Waals surface area (Å²) >= 11 is 1.76. The molecule has 1 N–H and O–H groups in total. The Balaban J connectivity index is 1.75. The fraction of sp³-hybridized carbons (Fsp3) is 0.571. The predicted molar refractivity (Wildman–Crippen MR) is 75.9 cm³/mol. The van der Waals surface area contributed by atoms with Crippen LogP contribution in [0.4, 0.5) is 0 Å². The monoisotopic (exact) mass is 297 g/mol. The Morgan fingerprint density at radius 2 is 2.30 bits per heavy atom. The number of aliphatic carboxylic acids is 1. The van der Waals surface area contributed by atoms with E-state index in [9.17, 15) is 9.59 Å². The third-order valence-electron chi connectivity index (χ3n) is 3.30. The average molecular weight is 297 g/mol. The van der Waals surface area contributed by atoms with Crippen molar-refractivity contribution in [2.45, 2.75) is 32.3 Å². The number of aryl methyl sites for hydroxylation is 2. The SMILES string of the molecule is Cc1ccc(CCCC(=O)N2CCOC(C(=O)O)C2)s1. The van der Waals surface area contributed by atoms with Crippen LogP contribution in [0.3, 0.4) is 0 Å². The maximum Gasteiger partial charge on any atom is 0.334 e. The molecule has 2 rings (SSSR count). The lowest BCUT2D eigenvalue weighted by Gasteiger charge is -2.30. The molecule has 1 aromatic heterocycles. The van der Waals surface area contributed by atoms with Gasteiger partial charge in [0.25, 0.3) is 0 Å². The van der Waals surface area contributed by atoms with Crippen molar-refractivity contribution in [1.29, 1.82) is 0 Å². The first-order valence-corrected chi connectivity index (χ1v) is 7.55. The van der Waals surface area contributed by atoms with Crippen molar-refractivity contribution in [3.8, 4) is 0 Å². The molecule has 1 saturated heterocycles. The number of hydrogen-bond donors (Lipinski definition) is 1. The molecule has 2 heterocycles. The fourth-order valence-electron chi connectivity index (χ4n) is 2.22. The second-order valence-corrected chi connectivity index (χ2v) is 6.28. The van der Waals surface area contributed by atoms with Gasteiger partial charge < -0.3 is 14.7 Å². The molecule has 1 atom stereocenters. The Hall–Kier alpha value is -1.40. The first-order chi connectivity index (χ1) is 9.56. The van der Waals surface area contributed by atoms with Crippen LogP contribution in [0.5, 0.6) is 0 Å². The first-order valence-electron chi connectivity index (χ1n) is 6.74. The smallest absolute Gasteiger partial charge is 0.334 e. The number of nitrogens with zero attached hydrogens (tertiary/aromatic N) is 1. The number of morpholine rings is 1. The highest BCUT2D eigenvalue weighted by atomic mass is 32.1. The highest BCUT2D eigenvalue weighted by Crippen LogP contribution is 2.18. The van der Waals surface area contributed by atoms with Gasteiger partial charge in [0.15, 0.2) is 6.10 Å². The lowest BCUT2D eigenvalue weighted by molar-refractivity contribution is -0.159. The van der Waals surface area contributed by atoms with Crippen molar-refractivity contribution in [2.24, 2.45) is 0 Å². The molecule has 1 amide bonds. The van der Waals surface area contributed by atoms with Gasteiger partial charge in [-0.1, -0.05) is 0 Å². The third kappa shape index (κ3) is 4.05. The number of amides is 1.